The third-order valence-electron chi connectivity index (χ3n) is 2.57. The summed E-state index contributed by atoms with van der Waals surface area (Å²) < 4.78 is 5.19. The van der Waals surface area contributed by atoms with Gasteiger partial charge in [-0.1, -0.05) is 42.7 Å². The van der Waals surface area contributed by atoms with E-state index in [9.17, 15) is 0 Å². The number of hydrogen-bond donors (Lipinski definition) is 1. The van der Waals surface area contributed by atoms with Crippen molar-refractivity contribution in [2.75, 3.05) is 0 Å². The zero-order valence-corrected chi connectivity index (χ0v) is 11.2. The van der Waals surface area contributed by atoms with Crippen molar-refractivity contribution in [1.82, 2.24) is 10.1 Å². The summed E-state index contributed by atoms with van der Waals surface area (Å²) in [4.78, 5) is 4.31. The fourth-order valence-corrected chi connectivity index (χ4v) is 1.93. The van der Waals surface area contributed by atoms with Gasteiger partial charge in [-0.05, 0) is 24.5 Å². The van der Waals surface area contributed by atoms with Crippen LogP contribution in [0.5, 0.6) is 0 Å². The highest BCUT2D eigenvalue weighted by atomic mass is 35.5. The van der Waals surface area contributed by atoms with Crippen LogP contribution < -0.4 is 5.73 Å². The Kier molecular flexibility index (Phi) is 3.99. The molecule has 2 N–H and O–H groups in total. The SMILES string of the molecule is CC(C)C[C@H](N)c1nc(-c2cccc(Cl)c2)no1. The molecule has 0 aliphatic carbocycles. The Labute approximate surface area is 111 Å². The lowest BCUT2D eigenvalue weighted by molar-refractivity contribution is 0.335. The first-order chi connectivity index (χ1) is 8.56. The number of nitrogens with two attached hydrogens (primary N) is 1. The minimum absolute atomic E-state index is 0.217. The Balaban J connectivity index is 2.20. The zero-order valence-electron chi connectivity index (χ0n) is 10.4. The standard InChI is InChI=1S/C13H16ClN3O/c1-8(2)6-11(15)13-16-12(17-18-13)9-4-3-5-10(14)7-9/h3-5,7-8,11H,6,15H2,1-2H3/t11-/m0/s1. The Morgan fingerprint density at radius 3 is 2.83 bits per heavy atom. The predicted molar refractivity (Wildman–Crippen MR) is 71.1 cm³/mol. The van der Waals surface area contributed by atoms with Crippen LogP contribution in [0, 0.1) is 5.92 Å². The zero-order chi connectivity index (χ0) is 13.1. The van der Waals surface area contributed by atoms with Crippen molar-refractivity contribution in [3.8, 4) is 11.4 Å². The summed E-state index contributed by atoms with van der Waals surface area (Å²) in [5.74, 6) is 1.48. The van der Waals surface area contributed by atoms with Crippen molar-refractivity contribution in [1.29, 1.82) is 0 Å². The first-order valence-corrected chi connectivity index (χ1v) is 6.29. The summed E-state index contributed by atoms with van der Waals surface area (Å²) in [6.45, 7) is 4.21. The number of rotatable bonds is 4. The molecule has 0 amide bonds. The van der Waals surface area contributed by atoms with Crippen LogP contribution in [0.2, 0.25) is 5.02 Å². The summed E-state index contributed by atoms with van der Waals surface area (Å²) >= 11 is 5.92. The fourth-order valence-electron chi connectivity index (χ4n) is 1.74. The number of hydrogen-bond acceptors (Lipinski definition) is 4. The van der Waals surface area contributed by atoms with Gasteiger partial charge in [0, 0.05) is 10.6 Å². The second-order valence-corrected chi connectivity index (χ2v) is 5.14. The van der Waals surface area contributed by atoms with Crippen LogP contribution in [0.1, 0.15) is 32.2 Å². The average Bonchev–Trinajstić information content (AvgIpc) is 2.77. The highest BCUT2D eigenvalue weighted by molar-refractivity contribution is 6.30. The predicted octanol–water partition coefficient (Wildman–Crippen LogP) is 3.44. The van der Waals surface area contributed by atoms with Gasteiger partial charge in [0.2, 0.25) is 11.7 Å². The normalized spacial score (nSPS) is 12.9. The van der Waals surface area contributed by atoms with E-state index >= 15 is 0 Å². The molecule has 1 aromatic heterocycles. The van der Waals surface area contributed by atoms with E-state index in [-0.39, 0.29) is 6.04 Å². The van der Waals surface area contributed by atoms with Gasteiger partial charge in [0.1, 0.15) is 0 Å². The highest BCUT2D eigenvalue weighted by Gasteiger charge is 2.16. The molecular weight excluding hydrogens is 250 g/mol. The Hall–Kier alpha value is -1.39. The number of halogens is 1. The van der Waals surface area contributed by atoms with Crippen LogP contribution in [-0.4, -0.2) is 10.1 Å². The van der Waals surface area contributed by atoms with Crippen LogP contribution in [0.3, 0.4) is 0 Å². The Bertz CT molecular complexity index is 524. The molecule has 0 aliphatic heterocycles. The summed E-state index contributed by atoms with van der Waals surface area (Å²) in [5, 5.41) is 4.57. The van der Waals surface area contributed by atoms with E-state index in [2.05, 4.69) is 24.0 Å². The molecular formula is C13H16ClN3O. The van der Waals surface area contributed by atoms with Crippen molar-refractivity contribution in [3.05, 3.63) is 35.2 Å². The summed E-state index contributed by atoms with van der Waals surface area (Å²) in [6.07, 6.45) is 0.817. The third-order valence-corrected chi connectivity index (χ3v) is 2.80. The average molecular weight is 266 g/mol. The molecule has 96 valence electrons. The summed E-state index contributed by atoms with van der Waals surface area (Å²) in [7, 11) is 0. The van der Waals surface area contributed by atoms with Crippen molar-refractivity contribution in [2.45, 2.75) is 26.3 Å². The number of nitrogens with zero attached hydrogens (tertiary/aromatic N) is 2. The molecule has 0 radical (unpaired) electrons. The van der Waals surface area contributed by atoms with Crippen molar-refractivity contribution in [3.63, 3.8) is 0 Å². The fraction of sp³-hybridized carbons (Fsp3) is 0.385. The molecule has 0 spiro atoms. The van der Waals surface area contributed by atoms with E-state index in [0.717, 1.165) is 12.0 Å². The molecule has 0 saturated heterocycles. The van der Waals surface area contributed by atoms with Crippen LogP contribution in [0.25, 0.3) is 11.4 Å². The van der Waals surface area contributed by atoms with Gasteiger partial charge >= 0.3 is 0 Å². The smallest absolute Gasteiger partial charge is 0.243 e. The van der Waals surface area contributed by atoms with Gasteiger partial charge in [-0.3, -0.25) is 0 Å². The molecule has 1 heterocycles. The van der Waals surface area contributed by atoms with Crippen LogP contribution in [0.4, 0.5) is 0 Å². The van der Waals surface area contributed by atoms with Gasteiger partial charge in [0.05, 0.1) is 6.04 Å². The van der Waals surface area contributed by atoms with Gasteiger partial charge in [-0.2, -0.15) is 4.98 Å². The third kappa shape index (κ3) is 3.09. The molecule has 2 aromatic rings. The highest BCUT2D eigenvalue weighted by Crippen LogP contribution is 2.23. The number of aromatic nitrogens is 2. The van der Waals surface area contributed by atoms with Gasteiger partial charge in [-0.15, -0.1) is 0 Å². The van der Waals surface area contributed by atoms with E-state index in [4.69, 9.17) is 21.9 Å². The number of benzene rings is 1. The van der Waals surface area contributed by atoms with Crippen molar-refractivity contribution in [2.24, 2.45) is 11.7 Å². The van der Waals surface area contributed by atoms with Gasteiger partial charge in [0.15, 0.2) is 0 Å². The summed E-state index contributed by atoms with van der Waals surface area (Å²) in [5.41, 5.74) is 6.82. The molecule has 0 saturated carbocycles. The molecule has 0 aliphatic rings. The Morgan fingerprint density at radius 1 is 1.39 bits per heavy atom. The van der Waals surface area contributed by atoms with Crippen LogP contribution in [-0.2, 0) is 0 Å². The minimum Gasteiger partial charge on any atom is -0.337 e. The van der Waals surface area contributed by atoms with Crippen LogP contribution in [0.15, 0.2) is 28.8 Å². The second-order valence-electron chi connectivity index (χ2n) is 4.70. The van der Waals surface area contributed by atoms with Crippen LogP contribution >= 0.6 is 11.6 Å². The maximum Gasteiger partial charge on any atom is 0.243 e. The van der Waals surface area contributed by atoms with Gasteiger partial charge in [-0.25, -0.2) is 0 Å². The molecule has 1 aromatic carbocycles. The monoisotopic (exact) mass is 265 g/mol. The largest absolute Gasteiger partial charge is 0.337 e. The molecule has 0 fully saturated rings. The van der Waals surface area contributed by atoms with Crippen molar-refractivity contribution < 1.29 is 4.52 Å². The van der Waals surface area contributed by atoms with E-state index < -0.39 is 0 Å². The van der Waals surface area contributed by atoms with E-state index in [1.54, 1.807) is 12.1 Å². The molecule has 4 nitrogen and oxygen atoms in total. The maximum absolute atomic E-state index is 5.99. The molecule has 18 heavy (non-hydrogen) atoms. The van der Waals surface area contributed by atoms with Gasteiger partial charge in [0.25, 0.3) is 0 Å². The molecule has 0 unspecified atom stereocenters. The molecule has 0 bridgehead atoms. The quantitative estimate of drug-likeness (QED) is 0.920. The first-order valence-electron chi connectivity index (χ1n) is 5.91. The first kappa shape index (κ1) is 13.1. The minimum atomic E-state index is -0.217. The summed E-state index contributed by atoms with van der Waals surface area (Å²) in [6, 6.07) is 7.11. The lowest BCUT2D eigenvalue weighted by Crippen LogP contribution is -2.13. The molecule has 1 atom stereocenters. The molecule has 5 heteroatoms. The topological polar surface area (TPSA) is 64.9 Å². The van der Waals surface area contributed by atoms with E-state index in [1.807, 2.05) is 12.1 Å². The Morgan fingerprint density at radius 2 is 2.17 bits per heavy atom. The van der Waals surface area contributed by atoms with Gasteiger partial charge < -0.3 is 10.3 Å². The van der Waals surface area contributed by atoms with Crippen molar-refractivity contribution >= 4 is 11.6 Å². The molecule has 2 rings (SSSR count). The maximum atomic E-state index is 5.99. The second kappa shape index (κ2) is 5.50. The lowest BCUT2D eigenvalue weighted by atomic mass is 10.0. The van der Waals surface area contributed by atoms with E-state index in [0.29, 0.717) is 22.7 Å². The van der Waals surface area contributed by atoms with E-state index in [1.165, 1.54) is 0 Å². The lowest BCUT2D eigenvalue weighted by Gasteiger charge is -2.08.